The van der Waals surface area contributed by atoms with E-state index in [1.165, 1.54) is 11.1 Å². The maximum atomic E-state index is 12.8. The summed E-state index contributed by atoms with van der Waals surface area (Å²) in [5, 5.41) is 3.46. The van der Waals surface area contributed by atoms with Crippen LogP contribution in [0.5, 0.6) is 0 Å². The second-order valence-electron chi connectivity index (χ2n) is 5.57. The van der Waals surface area contributed by atoms with Crippen LogP contribution in [-0.2, 0) is 0 Å². The van der Waals surface area contributed by atoms with E-state index in [2.05, 4.69) is 32.2 Å². The fraction of sp³-hybridized carbons (Fsp3) is 0.562. The van der Waals surface area contributed by atoms with Gasteiger partial charge in [0, 0.05) is 5.56 Å². The zero-order valence-electron chi connectivity index (χ0n) is 11.7. The molecule has 2 nitrogen and oxygen atoms in total. The molecular formula is C16H23NO. The molecule has 1 aliphatic heterocycles. The van der Waals surface area contributed by atoms with E-state index in [4.69, 9.17) is 0 Å². The third kappa shape index (κ3) is 2.49. The van der Waals surface area contributed by atoms with Crippen molar-refractivity contribution in [3.8, 4) is 0 Å². The summed E-state index contributed by atoms with van der Waals surface area (Å²) in [6, 6.07) is 6.16. The first-order valence-corrected chi connectivity index (χ1v) is 6.95. The van der Waals surface area contributed by atoms with Gasteiger partial charge in [0.1, 0.15) is 0 Å². The van der Waals surface area contributed by atoms with E-state index in [0.717, 1.165) is 37.8 Å². The molecule has 1 N–H and O–H groups in total. The van der Waals surface area contributed by atoms with Crippen LogP contribution in [0.3, 0.4) is 0 Å². The predicted molar refractivity (Wildman–Crippen MR) is 75.1 cm³/mol. The van der Waals surface area contributed by atoms with Crippen molar-refractivity contribution in [3.05, 3.63) is 34.9 Å². The summed E-state index contributed by atoms with van der Waals surface area (Å²) in [6.45, 7) is 7.23. The summed E-state index contributed by atoms with van der Waals surface area (Å²) in [7, 11) is 0. The van der Waals surface area contributed by atoms with Gasteiger partial charge in [0.15, 0.2) is 5.78 Å². The van der Waals surface area contributed by atoms with Gasteiger partial charge in [-0.25, -0.2) is 0 Å². The van der Waals surface area contributed by atoms with Crippen molar-refractivity contribution in [1.82, 2.24) is 5.32 Å². The molecule has 0 spiro atoms. The minimum Gasteiger partial charge on any atom is -0.305 e. The first-order valence-electron chi connectivity index (χ1n) is 6.95. The molecule has 2 rings (SSSR count). The van der Waals surface area contributed by atoms with Gasteiger partial charge in [-0.15, -0.1) is 0 Å². The largest absolute Gasteiger partial charge is 0.305 e. The molecule has 2 heteroatoms. The molecule has 1 aromatic rings. The lowest BCUT2D eigenvalue weighted by Gasteiger charge is -2.28. The van der Waals surface area contributed by atoms with Crippen LogP contribution < -0.4 is 5.32 Å². The molecule has 1 aromatic carbocycles. The van der Waals surface area contributed by atoms with E-state index in [1.807, 2.05) is 12.1 Å². The number of ketones is 1. The van der Waals surface area contributed by atoms with Gasteiger partial charge in [0.25, 0.3) is 0 Å². The zero-order valence-corrected chi connectivity index (χ0v) is 11.7. The lowest BCUT2D eigenvalue weighted by Crippen LogP contribution is -2.47. The smallest absolute Gasteiger partial charge is 0.182 e. The minimum atomic E-state index is -0.297. The van der Waals surface area contributed by atoms with Crippen molar-refractivity contribution in [2.75, 3.05) is 6.54 Å². The molecule has 98 valence electrons. The summed E-state index contributed by atoms with van der Waals surface area (Å²) >= 11 is 0. The van der Waals surface area contributed by atoms with Crippen molar-refractivity contribution in [3.63, 3.8) is 0 Å². The van der Waals surface area contributed by atoms with Crippen LogP contribution in [0.4, 0.5) is 0 Å². The third-order valence-electron chi connectivity index (χ3n) is 3.84. The Balaban J connectivity index is 2.33. The number of benzene rings is 1. The highest BCUT2D eigenvalue weighted by Gasteiger charge is 2.40. The molecule has 0 radical (unpaired) electrons. The molecule has 1 fully saturated rings. The number of rotatable bonds is 4. The summed E-state index contributed by atoms with van der Waals surface area (Å²) in [4.78, 5) is 12.8. The monoisotopic (exact) mass is 245 g/mol. The average molecular weight is 245 g/mol. The molecule has 0 saturated carbocycles. The van der Waals surface area contributed by atoms with Crippen LogP contribution in [-0.4, -0.2) is 17.9 Å². The van der Waals surface area contributed by atoms with Crippen molar-refractivity contribution in [1.29, 1.82) is 0 Å². The summed E-state index contributed by atoms with van der Waals surface area (Å²) in [6.07, 6.45) is 4.07. The number of aryl methyl sites for hydroxylation is 2. The van der Waals surface area contributed by atoms with Crippen LogP contribution in [0.1, 0.15) is 54.1 Å². The fourth-order valence-electron chi connectivity index (χ4n) is 3.14. The van der Waals surface area contributed by atoms with Crippen LogP contribution in [0, 0.1) is 13.8 Å². The Morgan fingerprint density at radius 2 is 1.94 bits per heavy atom. The van der Waals surface area contributed by atoms with Crippen LogP contribution in [0.25, 0.3) is 0 Å². The van der Waals surface area contributed by atoms with Crippen LogP contribution >= 0.6 is 0 Å². The van der Waals surface area contributed by atoms with Gasteiger partial charge in [0.05, 0.1) is 5.54 Å². The minimum absolute atomic E-state index is 0.286. The normalized spacial score (nSPS) is 23.3. The van der Waals surface area contributed by atoms with E-state index in [9.17, 15) is 4.79 Å². The van der Waals surface area contributed by atoms with Crippen molar-refractivity contribution in [2.24, 2.45) is 0 Å². The number of hydrogen-bond acceptors (Lipinski definition) is 2. The van der Waals surface area contributed by atoms with Gasteiger partial charge in [-0.3, -0.25) is 4.79 Å². The van der Waals surface area contributed by atoms with Crippen molar-refractivity contribution < 1.29 is 4.79 Å². The topological polar surface area (TPSA) is 29.1 Å². The average Bonchev–Trinajstić information content (AvgIpc) is 2.77. The standard InChI is InChI=1S/C16H23NO/c1-4-6-16(7-5-8-17-16)15(18)14-10-12(2)9-13(3)11-14/h9-11,17H,4-8H2,1-3H3. The van der Waals surface area contributed by atoms with Gasteiger partial charge in [-0.1, -0.05) is 30.5 Å². The molecular weight excluding hydrogens is 222 g/mol. The Labute approximate surface area is 110 Å². The Morgan fingerprint density at radius 1 is 1.28 bits per heavy atom. The molecule has 0 amide bonds. The molecule has 1 heterocycles. The number of nitrogens with one attached hydrogen (secondary N) is 1. The van der Waals surface area contributed by atoms with E-state index in [-0.39, 0.29) is 11.3 Å². The molecule has 1 unspecified atom stereocenters. The Bertz CT molecular complexity index is 424. The molecule has 0 aromatic heterocycles. The number of carbonyl (C=O) groups excluding carboxylic acids is 1. The van der Waals surface area contributed by atoms with Gasteiger partial charge in [-0.2, -0.15) is 0 Å². The maximum absolute atomic E-state index is 12.8. The van der Waals surface area contributed by atoms with Gasteiger partial charge in [-0.05, 0) is 51.8 Å². The van der Waals surface area contributed by atoms with Crippen LogP contribution in [0.2, 0.25) is 0 Å². The second-order valence-corrected chi connectivity index (χ2v) is 5.57. The first kappa shape index (κ1) is 13.3. The van der Waals surface area contributed by atoms with Gasteiger partial charge in [0.2, 0.25) is 0 Å². The summed E-state index contributed by atoms with van der Waals surface area (Å²) < 4.78 is 0. The molecule has 1 atom stereocenters. The number of hydrogen-bond donors (Lipinski definition) is 1. The molecule has 1 saturated heterocycles. The van der Waals surface area contributed by atoms with Crippen molar-refractivity contribution >= 4 is 5.78 Å². The molecule has 1 aliphatic rings. The Hall–Kier alpha value is -1.15. The summed E-state index contributed by atoms with van der Waals surface area (Å²) in [5.41, 5.74) is 2.91. The highest BCUT2D eigenvalue weighted by atomic mass is 16.1. The highest BCUT2D eigenvalue weighted by molar-refractivity contribution is 6.03. The van der Waals surface area contributed by atoms with E-state index in [1.54, 1.807) is 0 Å². The molecule has 18 heavy (non-hydrogen) atoms. The fourth-order valence-corrected chi connectivity index (χ4v) is 3.14. The Kier molecular flexibility index (Phi) is 3.86. The third-order valence-corrected chi connectivity index (χ3v) is 3.84. The maximum Gasteiger partial charge on any atom is 0.182 e. The molecule has 0 aliphatic carbocycles. The van der Waals surface area contributed by atoms with Crippen LogP contribution in [0.15, 0.2) is 18.2 Å². The SMILES string of the molecule is CCCC1(C(=O)c2cc(C)cc(C)c2)CCCN1. The molecule has 0 bridgehead atoms. The highest BCUT2D eigenvalue weighted by Crippen LogP contribution is 2.29. The quantitative estimate of drug-likeness (QED) is 0.824. The summed E-state index contributed by atoms with van der Waals surface area (Å²) in [5.74, 6) is 0.286. The zero-order chi connectivity index (χ0) is 13.2. The van der Waals surface area contributed by atoms with Gasteiger partial charge < -0.3 is 5.32 Å². The van der Waals surface area contributed by atoms with Crippen molar-refractivity contribution in [2.45, 2.75) is 52.0 Å². The second kappa shape index (κ2) is 5.23. The Morgan fingerprint density at radius 3 is 2.44 bits per heavy atom. The van der Waals surface area contributed by atoms with Gasteiger partial charge >= 0.3 is 0 Å². The lowest BCUT2D eigenvalue weighted by atomic mass is 9.83. The predicted octanol–water partition coefficient (Wildman–Crippen LogP) is 3.41. The van der Waals surface area contributed by atoms with E-state index in [0.29, 0.717) is 0 Å². The van der Waals surface area contributed by atoms with E-state index >= 15 is 0 Å². The first-order chi connectivity index (χ1) is 8.57. The number of carbonyl (C=O) groups is 1. The number of Topliss-reactive ketones (excluding diaryl/α,β-unsaturated/α-hetero) is 1. The van der Waals surface area contributed by atoms with E-state index < -0.39 is 0 Å². The lowest BCUT2D eigenvalue weighted by molar-refractivity contribution is 0.0857.